The van der Waals surface area contributed by atoms with Crippen LogP contribution in [0, 0.1) is 11.6 Å². The summed E-state index contributed by atoms with van der Waals surface area (Å²) in [7, 11) is -11.2. The Hall–Kier alpha value is -3.07. The number of hydrogen-bond acceptors (Lipinski definition) is 8. The highest BCUT2D eigenvalue weighted by Crippen LogP contribution is 2.60. The number of nitrogen functional groups attached to an aromatic ring is 1. The van der Waals surface area contributed by atoms with E-state index in [2.05, 4.69) is 4.74 Å². The number of carboxylic acid groups (broad SMARTS) is 1. The highest BCUT2D eigenvalue weighted by Gasteiger charge is 2.49. The molecule has 0 spiro atoms. The summed E-state index contributed by atoms with van der Waals surface area (Å²) in [5.41, 5.74) is -0.748. The van der Waals surface area contributed by atoms with Gasteiger partial charge in [-0.2, -0.15) is 0 Å². The maximum Gasteiger partial charge on any atom is 0.411 e. The van der Waals surface area contributed by atoms with Gasteiger partial charge in [-0.3, -0.25) is 18.8 Å². The van der Waals surface area contributed by atoms with Crippen LogP contribution in [0.4, 0.5) is 25.0 Å². The zero-order valence-corrected chi connectivity index (χ0v) is 22.8. The molecule has 0 unspecified atom stereocenters. The molecule has 1 saturated carbocycles. The lowest BCUT2D eigenvalue weighted by Crippen LogP contribution is -2.59. The van der Waals surface area contributed by atoms with Crippen LogP contribution in [0.1, 0.15) is 43.1 Å². The standard InChI is InChI=1S/C21H26F2N4O11P2/c1-8-5-25(6-9(2)27(8)20(31)38-21(39(32,33)34)40(35,36)37)17-13(22)15(24)12-16(14(17)23)26(10-3-4-10)7-11(18(12)28)19(29)30/h7-10,21H,3-6,24H2,1-2H3,(H,29,30)(H2,32,33,34)(H2,35,36,37)/t8-,9+. The third kappa shape index (κ3) is 5.20. The zero-order chi connectivity index (χ0) is 30.1. The van der Waals surface area contributed by atoms with E-state index >= 15 is 8.78 Å². The lowest BCUT2D eigenvalue weighted by atomic mass is 10.0. The number of halogens is 2. The van der Waals surface area contributed by atoms with Gasteiger partial charge in [0.05, 0.1) is 28.7 Å². The van der Waals surface area contributed by atoms with Crippen molar-refractivity contribution < 1.29 is 56.9 Å². The molecule has 1 aliphatic heterocycles. The SMILES string of the molecule is C[C@@H]1CN(c2c(F)c(N)c3c(=O)c(C(=O)O)cn(C4CC4)c3c2F)C[C@H](C)N1C(=O)OC(P(=O)(O)O)P(=O)(O)O. The van der Waals surface area contributed by atoms with E-state index < -0.39 is 84.3 Å². The normalized spacial score (nSPS) is 20.3. The van der Waals surface area contributed by atoms with Crippen molar-refractivity contribution in [2.75, 3.05) is 23.7 Å². The average molecular weight is 610 g/mol. The van der Waals surface area contributed by atoms with Gasteiger partial charge >= 0.3 is 32.8 Å². The van der Waals surface area contributed by atoms with Crippen LogP contribution >= 0.6 is 15.2 Å². The van der Waals surface area contributed by atoms with Crippen LogP contribution < -0.4 is 16.1 Å². The maximum absolute atomic E-state index is 16.1. The third-order valence-electron chi connectivity index (χ3n) is 6.76. The van der Waals surface area contributed by atoms with Crippen LogP contribution in [-0.2, 0) is 13.9 Å². The van der Waals surface area contributed by atoms with Crippen LogP contribution in [0.5, 0.6) is 0 Å². The fraction of sp³-hybridized carbons (Fsp3) is 0.476. The molecule has 2 heterocycles. The molecule has 19 heteroatoms. The first-order chi connectivity index (χ1) is 18.4. The molecule has 1 saturated heterocycles. The zero-order valence-electron chi connectivity index (χ0n) is 21.0. The van der Waals surface area contributed by atoms with Gasteiger partial charge in [-0.15, -0.1) is 0 Å². The quantitative estimate of drug-likeness (QED) is 0.202. The first kappa shape index (κ1) is 29.9. The van der Waals surface area contributed by atoms with Crippen molar-refractivity contribution in [2.24, 2.45) is 0 Å². The molecule has 0 radical (unpaired) electrons. The maximum atomic E-state index is 16.1. The Labute approximate surface area is 224 Å². The second kappa shape index (κ2) is 10.1. The number of carboxylic acids is 1. The van der Waals surface area contributed by atoms with E-state index in [1.165, 1.54) is 23.3 Å². The Morgan fingerprint density at radius 3 is 2.02 bits per heavy atom. The molecule has 4 rings (SSSR count). The van der Waals surface area contributed by atoms with Crippen LogP contribution in [0.15, 0.2) is 11.0 Å². The Morgan fingerprint density at radius 2 is 1.57 bits per heavy atom. The summed E-state index contributed by atoms with van der Waals surface area (Å²) in [4.78, 5) is 76.3. The number of pyridine rings is 1. The minimum atomic E-state index is -5.59. The Morgan fingerprint density at radius 1 is 1.05 bits per heavy atom. The topological polar surface area (TPSA) is 233 Å². The molecule has 1 aliphatic carbocycles. The second-order valence-electron chi connectivity index (χ2n) is 9.83. The van der Waals surface area contributed by atoms with Crippen molar-refractivity contribution in [3.8, 4) is 0 Å². The van der Waals surface area contributed by atoms with E-state index in [1.54, 1.807) is 0 Å². The number of aromatic nitrogens is 1. The van der Waals surface area contributed by atoms with Gasteiger partial charge in [0, 0.05) is 25.3 Å². The van der Waals surface area contributed by atoms with Crippen LogP contribution in [0.2, 0.25) is 0 Å². The van der Waals surface area contributed by atoms with Crippen LogP contribution in [0.25, 0.3) is 10.9 Å². The number of benzene rings is 1. The number of amides is 1. The summed E-state index contributed by atoms with van der Waals surface area (Å²) < 4.78 is 60.5. The summed E-state index contributed by atoms with van der Waals surface area (Å²) in [5, 5.41) is 8.82. The highest BCUT2D eigenvalue weighted by atomic mass is 31.2. The number of aromatic carboxylic acids is 1. The third-order valence-corrected chi connectivity index (χ3v) is 9.93. The number of fused-ring (bicyclic) bond motifs is 1. The molecule has 7 N–H and O–H groups in total. The van der Waals surface area contributed by atoms with E-state index in [-0.39, 0.29) is 24.6 Å². The minimum absolute atomic E-state index is 0.296. The van der Waals surface area contributed by atoms with Crippen molar-refractivity contribution in [1.29, 1.82) is 0 Å². The Balaban J connectivity index is 1.74. The summed E-state index contributed by atoms with van der Waals surface area (Å²) in [6.45, 7) is 2.20. The molecule has 2 aromatic rings. The van der Waals surface area contributed by atoms with E-state index in [1.807, 2.05) is 0 Å². The smallest absolute Gasteiger partial charge is 0.411 e. The van der Waals surface area contributed by atoms with E-state index in [0.717, 1.165) is 11.1 Å². The molecule has 2 atom stereocenters. The van der Waals surface area contributed by atoms with Gasteiger partial charge in [-0.1, -0.05) is 0 Å². The number of nitrogens with two attached hydrogens (primary N) is 1. The van der Waals surface area contributed by atoms with Crippen molar-refractivity contribution >= 4 is 49.5 Å². The molecular weight excluding hydrogens is 584 g/mol. The number of rotatable bonds is 6. The lowest BCUT2D eigenvalue weighted by Gasteiger charge is -2.45. The predicted molar refractivity (Wildman–Crippen MR) is 135 cm³/mol. The summed E-state index contributed by atoms with van der Waals surface area (Å²) >= 11 is 0. The van der Waals surface area contributed by atoms with Gasteiger partial charge in [0.2, 0.25) is 5.43 Å². The molecule has 1 aromatic heterocycles. The fourth-order valence-corrected chi connectivity index (χ4v) is 7.00. The molecule has 2 aliphatic rings. The number of carbonyl (C=O) groups excluding carboxylic acids is 1. The molecule has 1 aromatic carbocycles. The molecule has 40 heavy (non-hydrogen) atoms. The fourth-order valence-electron chi connectivity index (χ4n) is 4.97. The molecule has 2 fully saturated rings. The molecular formula is C21H26F2N4O11P2. The summed E-state index contributed by atoms with van der Waals surface area (Å²) in [6, 6.07) is -2.28. The van der Waals surface area contributed by atoms with Gasteiger partial charge in [-0.25, -0.2) is 18.4 Å². The van der Waals surface area contributed by atoms with Crippen molar-refractivity contribution in [3.63, 3.8) is 0 Å². The number of anilines is 2. The second-order valence-corrected chi connectivity index (χ2v) is 13.5. The summed E-state index contributed by atoms with van der Waals surface area (Å²) in [5.74, 6) is -4.09. The summed E-state index contributed by atoms with van der Waals surface area (Å²) in [6.07, 6.45) is 0.635. The number of piperazine rings is 1. The first-order valence-electron chi connectivity index (χ1n) is 11.8. The van der Waals surface area contributed by atoms with Gasteiger partial charge in [0.15, 0.2) is 11.6 Å². The van der Waals surface area contributed by atoms with Gasteiger partial charge in [0.1, 0.15) is 11.3 Å². The predicted octanol–water partition coefficient (Wildman–Crippen LogP) is 1.57. The number of hydrogen-bond donors (Lipinski definition) is 6. The van der Waals surface area contributed by atoms with E-state index in [9.17, 15) is 48.2 Å². The lowest BCUT2D eigenvalue weighted by molar-refractivity contribution is 0.0604. The van der Waals surface area contributed by atoms with E-state index in [4.69, 9.17) is 5.73 Å². The number of carbonyl (C=O) groups is 2. The number of nitrogens with zero attached hydrogens (tertiary/aromatic N) is 3. The van der Waals surface area contributed by atoms with Crippen molar-refractivity contribution in [3.05, 3.63) is 33.6 Å². The van der Waals surface area contributed by atoms with Crippen molar-refractivity contribution in [1.82, 2.24) is 9.47 Å². The van der Waals surface area contributed by atoms with Crippen LogP contribution in [-0.4, -0.2) is 77.0 Å². The number of ether oxygens (including phenoxy) is 1. The van der Waals surface area contributed by atoms with Gasteiger partial charge < -0.3 is 44.6 Å². The first-order valence-corrected chi connectivity index (χ1v) is 15.1. The Bertz CT molecular complexity index is 1530. The monoisotopic (exact) mass is 610 g/mol. The largest absolute Gasteiger partial charge is 0.477 e. The molecule has 0 bridgehead atoms. The Kier molecular flexibility index (Phi) is 7.54. The van der Waals surface area contributed by atoms with Gasteiger partial charge in [-0.05, 0) is 26.7 Å². The van der Waals surface area contributed by atoms with E-state index in [0.29, 0.717) is 12.8 Å². The van der Waals surface area contributed by atoms with Crippen molar-refractivity contribution in [2.45, 2.75) is 50.4 Å². The molecule has 15 nitrogen and oxygen atoms in total. The highest BCUT2D eigenvalue weighted by molar-refractivity contribution is 7.70. The minimum Gasteiger partial charge on any atom is -0.477 e. The van der Waals surface area contributed by atoms with Gasteiger partial charge in [0.25, 0.3) is 0 Å². The molecule has 220 valence electrons. The molecule has 1 amide bonds. The van der Waals surface area contributed by atoms with Crippen LogP contribution in [0.3, 0.4) is 0 Å². The average Bonchev–Trinajstić information content (AvgIpc) is 3.64.